The van der Waals surface area contributed by atoms with E-state index in [9.17, 15) is 4.79 Å². The number of halogens is 1. The molecule has 0 aliphatic carbocycles. The number of carbonyl (C=O) groups excluding carboxylic acids is 1. The lowest BCUT2D eigenvalue weighted by Crippen LogP contribution is -2.17. The Kier molecular flexibility index (Phi) is 3.68. The standard InChI is InChI=1S/C10H10ClNOS/c1-6(2)8(4-12)10(13)7-3-9(11)14-5-7/h3,5-6,8H,1-2H3. The van der Waals surface area contributed by atoms with Gasteiger partial charge in [-0.25, -0.2) is 0 Å². The van der Waals surface area contributed by atoms with Gasteiger partial charge in [0.05, 0.1) is 10.4 Å². The molecule has 1 aromatic heterocycles. The fourth-order valence-corrected chi connectivity index (χ4v) is 2.00. The van der Waals surface area contributed by atoms with Crippen molar-refractivity contribution in [2.75, 3.05) is 0 Å². The summed E-state index contributed by atoms with van der Waals surface area (Å²) < 4.78 is 0.578. The summed E-state index contributed by atoms with van der Waals surface area (Å²) in [4.78, 5) is 11.8. The number of carbonyl (C=O) groups is 1. The fourth-order valence-electron chi connectivity index (χ4n) is 1.13. The Morgan fingerprint density at radius 3 is 2.64 bits per heavy atom. The zero-order valence-corrected chi connectivity index (χ0v) is 9.52. The number of hydrogen-bond donors (Lipinski definition) is 0. The van der Waals surface area contributed by atoms with Gasteiger partial charge in [0.25, 0.3) is 0 Å². The third-order valence-electron chi connectivity index (χ3n) is 1.94. The Balaban J connectivity index is 2.90. The summed E-state index contributed by atoms with van der Waals surface area (Å²) in [6.07, 6.45) is 0. The van der Waals surface area contributed by atoms with Crippen molar-refractivity contribution in [2.24, 2.45) is 11.8 Å². The molecule has 0 amide bonds. The smallest absolute Gasteiger partial charge is 0.181 e. The highest BCUT2D eigenvalue weighted by molar-refractivity contribution is 7.14. The topological polar surface area (TPSA) is 40.9 Å². The Morgan fingerprint density at radius 1 is 1.64 bits per heavy atom. The fraction of sp³-hybridized carbons (Fsp3) is 0.400. The molecule has 0 fully saturated rings. The van der Waals surface area contributed by atoms with Crippen LogP contribution in [0.15, 0.2) is 11.4 Å². The highest BCUT2D eigenvalue weighted by atomic mass is 35.5. The predicted molar refractivity (Wildman–Crippen MR) is 57.6 cm³/mol. The summed E-state index contributed by atoms with van der Waals surface area (Å²) in [5, 5.41) is 10.5. The first-order valence-electron chi connectivity index (χ1n) is 4.24. The minimum Gasteiger partial charge on any atom is -0.293 e. The molecule has 0 aromatic carbocycles. The number of thiophene rings is 1. The molecule has 14 heavy (non-hydrogen) atoms. The van der Waals surface area contributed by atoms with Crippen LogP contribution in [0.4, 0.5) is 0 Å². The first-order valence-corrected chi connectivity index (χ1v) is 5.50. The van der Waals surface area contributed by atoms with E-state index in [1.807, 2.05) is 19.9 Å². The molecular formula is C10H10ClNOS. The Labute approximate surface area is 92.1 Å². The molecule has 1 heterocycles. The number of nitriles is 1. The van der Waals surface area contributed by atoms with E-state index in [0.29, 0.717) is 9.90 Å². The van der Waals surface area contributed by atoms with Crippen molar-refractivity contribution < 1.29 is 4.79 Å². The quantitative estimate of drug-likeness (QED) is 0.743. The highest BCUT2D eigenvalue weighted by Crippen LogP contribution is 2.24. The maximum absolute atomic E-state index is 11.8. The van der Waals surface area contributed by atoms with Crippen LogP contribution in [-0.2, 0) is 0 Å². The number of Topliss-reactive ketones (excluding diaryl/α,β-unsaturated/α-hetero) is 1. The average Bonchev–Trinajstić information content (AvgIpc) is 2.52. The zero-order chi connectivity index (χ0) is 10.7. The highest BCUT2D eigenvalue weighted by Gasteiger charge is 2.23. The number of nitrogens with zero attached hydrogens (tertiary/aromatic N) is 1. The summed E-state index contributed by atoms with van der Waals surface area (Å²) in [5.74, 6) is -0.669. The number of ketones is 1. The summed E-state index contributed by atoms with van der Waals surface area (Å²) in [6, 6.07) is 3.63. The molecule has 0 aliphatic heterocycles. The second-order valence-electron chi connectivity index (χ2n) is 3.35. The second-order valence-corrected chi connectivity index (χ2v) is 4.90. The van der Waals surface area contributed by atoms with Crippen LogP contribution in [0.1, 0.15) is 24.2 Å². The first kappa shape index (κ1) is 11.2. The second kappa shape index (κ2) is 4.59. The van der Waals surface area contributed by atoms with Gasteiger partial charge in [-0.1, -0.05) is 25.4 Å². The van der Waals surface area contributed by atoms with E-state index < -0.39 is 5.92 Å². The summed E-state index contributed by atoms with van der Waals surface area (Å²) in [7, 11) is 0. The van der Waals surface area contributed by atoms with Crippen molar-refractivity contribution in [3.8, 4) is 6.07 Å². The van der Waals surface area contributed by atoms with Crippen LogP contribution in [0.25, 0.3) is 0 Å². The molecule has 74 valence electrons. The molecule has 1 aromatic rings. The lowest BCUT2D eigenvalue weighted by Gasteiger charge is -2.09. The maximum atomic E-state index is 11.8. The molecule has 0 radical (unpaired) electrons. The van der Waals surface area contributed by atoms with Crippen molar-refractivity contribution in [3.05, 3.63) is 21.3 Å². The van der Waals surface area contributed by atoms with Gasteiger partial charge in [-0.15, -0.1) is 11.3 Å². The van der Waals surface area contributed by atoms with Gasteiger partial charge in [-0.05, 0) is 12.0 Å². The monoisotopic (exact) mass is 227 g/mol. The number of hydrogen-bond acceptors (Lipinski definition) is 3. The molecule has 0 saturated carbocycles. The van der Waals surface area contributed by atoms with Crippen molar-refractivity contribution in [1.82, 2.24) is 0 Å². The summed E-state index contributed by atoms with van der Waals surface area (Å²) >= 11 is 7.02. The van der Waals surface area contributed by atoms with Gasteiger partial charge in [0.15, 0.2) is 5.78 Å². The van der Waals surface area contributed by atoms with Crippen LogP contribution in [0, 0.1) is 23.2 Å². The molecule has 0 spiro atoms. The zero-order valence-electron chi connectivity index (χ0n) is 7.95. The molecule has 0 bridgehead atoms. The molecule has 1 unspecified atom stereocenters. The van der Waals surface area contributed by atoms with Crippen molar-refractivity contribution in [1.29, 1.82) is 5.26 Å². The Morgan fingerprint density at radius 2 is 2.29 bits per heavy atom. The minimum atomic E-state index is -0.569. The Bertz CT molecular complexity index is 378. The van der Waals surface area contributed by atoms with E-state index in [0.717, 1.165) is 0 Å². The van der Waals surface area contributed by atoms with Gasteiger partial charge >= 0.3 is 0 Å². The first-order chi connectivity index (χ1) is 6.56. The lowest BCUT2D eigenvalue weighted by atomic mass is 9.90. The molecule has 0 N–H and O–H groups in total. The summed E-state index contributed by atoms with van der Waals surface area (Å²) in [5.41, 5.74) is 0.542. The molecule has 1 atom stereocenters. The normalized spacial score (nSPS) is 12.5. The Hall–Kier alpha value is -0.850. The third-order valence-corrected chi connectivity index (χ3v) is 3.03. The molecule has 0 aliphatic rings. The van der Waals surface area contributed by atoms with Gasteiger partial charge in [0, 0.05) is 10.9 Å². The van der Waals surface area contributed by atoms with E-state index in [1.54, 1.807) is 11.4 Å². The van der Waals surface area contributed by atoms with Gasteiger partial charge in [0.2, 0.25) is 0 Å². The SMILES string of the molecule is CC(C)C(C#N)C(=O)c1csc(Cl)c1. The van der Waals surface area contributed by atoms with Crippen LogP contribution in [0.5, 0.6) is 0 Å². The summed E-state index contributed by atoms with van der Waals surface area (Å²) in [6.45, 7) is 3.72. The predicted octanol–water partition coefficient (Wildman–Crippen LogP) is 3.38. The van der Waals surface area contributed by atoms with E-state index in [-0.39, 0.29) is 11.7 Å². The van der Waals surface area contributed by atoms with Crippen LogP contribution in [0.3, 0.4) is 0 Å². The molecule has 1 rings (SSSR count). The average molecular weight is 228 g/mol. The van der Waals surface area contributed by atoms with Crippen LogP contribution >= 0.6 is 22.9 Å². The van der Waals surface area contributed by atoms with E-state index in [1.165, 1.54) is 11.3 Å². The van der Waals surface area contributed by atoms with Crippen LogP contribution in [-0.4, -0.2) is 5.78 Å². The molecule has 4 heteroatoms. The van der Waals surface area contributed by atoms with E-state index in [2.05, 4.69) is 0 Å². The minimum absolute atomic E-state index is 0.0335. The van der Waals surface area contributed by atoms with Gasteiger partial charge in [0.1, 0.15) is 5.92 Å². The van der Waals surface area contributed by atoms with Gasteiger partial charge in [-0.2, -0.15) is 5.26 Å². The van der Waals surface area contributed by atoms with Gasteiger partial charge < -0.3 is 0 Å². The largest absolute Gasteiger partial charge is 0.293 e. The van der Waals surface area contributed by atoms with E-state index >= 15 is 0 Å². The third kappa shape index (κ3) is 2.34. The van der Waals surface area contributed by atoms with Crippen molar-refractivity contribution in [2.45, 2.75) is 13.8 Å². The molecule has 2 nitrogen and oxygen atoms in total. The van der Waals surface area contributed by atoms with Gasteiger partial charge in [-0.3, -0.25) is 4.79 Å². The van der Waals surface area contributed by atoms with Crippen molar-refractivity contribution in [3.63, 3.8) is 0 Å². The van der Waals surface area contributed by atoms with Crippen molar-refractivity contribution >= 4 is 28.7 Å². The number of rotatable bonds is 3. The lowest BCUT2D eigenvalue weighted by molar-refractivity contribution is 0.0925. The van der Waals surface area contributed by atoms with E-state index in [4.69, 9.17) is 16.9 Å². The van der Waals surface area contributed by atoms with Crippen LogP contribution < -0.4 is 0 Å². The molecule has 0 saturated heterocycles. The molecular weight excluding hydrogens is 218 g/mol. The van der Waals surface area contributed by atoms with Crippen LogP contribution in [0.2, 0.25) is 4.34 Å². The maximum Gasteiger partial charge on any atom is 0.181 e.